The fraction of sp³-hybridized carbons (Fsp3) is 0.188. The van der Waals surface area contributed by atoms with E-state index in [1.807, 2.05) is 18.2 Å². The van der Waals surface area contributed by atoms with E-state index in [2.05, 4.69) is 10.3 Å². The van der Waals surface area contributed by atoms with Crippen LogP contribution >= 0.6 is 0 Å². The molecule has 7 heteroatoms. The number of aromatic nitrogens is 1. The molecule has 0 aliphatic rings. The van der Waals surface area contributed by atoms with Crippen LogP contribution in [-0.4, -0.2) is 33.3 Å². The highest BCUT2D eigenvalue weighted by Crippen LogP contribution is 2.11. The van der Waals surface area contributed by atoms with Gasteiger partial charge in [0.05, 0.1) is 6.20 Å². The molecule has 1 aromatic carbocycles. The van der Waals surface area contributed by atoms with Crippen LogP contribution in [0.25, 0.3) is 0 Å². The molecule has 1 amide bonds. The van der Waals surface area contributed by atoms with E-state index >= 15 is 0 Å². The second-order valence-electron chi connectivity index (χ2n) is 4.85. The Bertz CT molecular complexity index is 675. The van der Waals surface area contributed by atoms with Crippen LogP contribution in [0.5, 0.6) is 5.75 Å². The van der Waals surface area contributed by atoms with Crippen molar-refractivity contribution in [2.75, 3.05) is 0 Å². The largest absolute Gasteiger partial charge is 0.506 e. The van der Waals surface area contributed by atoms with Crippen LogP contribution in [0.15, 0.2) is 48.8 Å². The van der Waals surface area contributed by atoms with Crippen molar-refractivity contribution in [3.8, 4) is 5.75 Å². The number of aliphatic carboxylic acids is 1. The second-order valence-corrected chi connectivity index (χ2v) is 4.85. The summed E-state index contributed by atoms with van der Waals surface area (Å²) in [6.07, 6.45) is 1.82. The molecule has 7 nitrogen and oxygen atoms in total. The molecule has 0 bridgehead atoms. The molecule has 120 valence electrons. The highest BCUT2D eigenvalue weighted by molar-refractivity contribution is 5.80. The summed E-state index contributed by atoms with van der Waals surface area (Å²) >= 11 is 0. The predicted molar refractivity (Wildman–Crippen MR) is 80.8 cm³/mol. The monoisotopic (exact) mass is 316 g/mol. The number of aromatic hydroxyl groups is 1. The van der Waals surface area contributed by atoms with Crippen LogP contribution in [0.1, 0.15) is 11.1 Å². The summed E-state index contributed by atoms with van der Waals surface area (Å²) in [6.45, 7) is 0.0483. The summed E-state index contributed by atoms with van der Waals surface area (Å²) in [5.74, 6) is -1.27. The molecule has 2 rings (SSSR count). The smallest absolute Gasteiger partial charge is 0.408 e. The average Bonchev–Trinajstić information content (AvgIpc) is 2.53. The van der Waals surface area contributed by atoms with E-state index in [1.54, 1.807) is 12.1 Å². The summed E-state index contributed by atoms with van der Waals surface area (Å²) in [5.41, 5.74) is 1.28. The van der Waals surface area contributed by atoms with Crippen molar-refractivity contribution in [2.45, 2.75) is 19.1 Å². The molecule has 0 radical (unpaired) electrons. The van der Waals surface area contributed by atoms with Gasteiger partial charge in [-0.05, 0) is 17.2 Å². The number of benzene rings is 1. The minimum absolute atomic E-state index is 0.0167. The lowest BCUT2D eigenvalue weighted by molar-refractivity contribution is -0.139. The zero-order valence-electron chi connectivity index (χ0n) is 12.2. The fourth-order valence-electron chi connectivity index (χ4n) is 1.93. The molecule has 0 aliphatic carbocycles. The van der Waals surface area contributed by atoms with Crippen molar-refractivity contribution in [2.24, 2.45) is 0 Å². The van der Waals surface area contributed by atoms with Gasteiger partial charge in [0, 0.05) is 12.6 Å². The number of nitrogens with zero attached hydrogens (tertiary/aromatic N) is 1. The summed E-state index contributed by atoms with van der Waals surface area (Å²) in [7, 11) is 0. The number of ether oxygens (including phenoxy) is 1. The first-order valence-electron chi connectivity index (χ1n) is 6.87. The van der Waals surface area contributed by atoms with Crippen molar-refractivity contribution in [1.82, 2.24) is 10.3 Å². The number of pyridine rings is 1. The van der Waals surface area contributed by atoms with Gasteiger partial charge in [-0.25, -0.2) is 9.59 Å². The Hall–Kier alpha value is -3.09. The van der Waals surface area contributed by atoms with E-state index in [0.717, 1.165) is 5.56 Å². The Morgan fingerprint density at radius 2 is 1.91 bits per heavy atom. The van der Waals surface area contributed by atoms with E-state index in [1.165, 1.54) is 18.5 Å². The van der Waals surface area contributed by atoms with Crippen LogP contribution in [-0.2, 0) is 22.6 Å². The summed E-state index contributed by atoms with van der Waals surface area (Å²) < 4.78 is 4.99. The third-order valence-electron chi connectivity index (χ3n) is 3.02. The highest BCUT2D eigenvalue weighted by Gasteiger charge is 2.21. The number of carbonyl (C=O) groups excluding carboxylic acids is 1. The standard InChI is InChI=1S/C16H16N2O5/c19-13-6-12(8-17-9-13)7-14(15(20)21)18-16(22)23-10-11-4-2-1-3-5-11/h1-6,8-9,14,19H,7,10H2,(H,18,22)(H,20,21). The van der Waals surface area contributed by atoms with Crippen LogP contribution in [0.2, 0.25) is 0 Å². The topological polar surface area (TPSA) is 109 Å². The van der Waals surface area contributed by atoms with Gasteiger partial charge in [-0.2, -0.15) is 0 Å². The normalized spacial score (nSPS) is 11.5. The number of carbonyl (C=O) groups is 2. The van der Waals surface area contributed by atoms with E-state index in [0.29, 0.717) is 5.56 Å². The van der Waals surface area contributed by atoms with Crippen molar-refractivity contribution in [1.29, 1.82) is 0 Å². The SMILES string of the molecule is O=C(NC(Cc1cncc(O)c1)C(=O)O)OCc1ccccc1. The molecular formula is C16H16N2O5. The zero-order valence-corrected chi connectivity index (χ0v) is 12.2. The van der Waals surface area contributed by atoms with Gasteiger partial charge in [-0.3, -0.25) is 4.98 Å². The van der Waals surface area contributed by atoms with Gasteiger partial charge in [0.15, 0.2) is 0 Å². The first kappa shape index (κ1) is 16.3. The van der Waals surface area contributed by atoms with E-state index < -0.39 is 18.1 Å². The molecule has 23 heavy (non-hydrogen) atoms. The molecule has 0 spiro atoms. The molecule has 2 aromatic rings. The number of hydrogen-bond donors (Lipinski definition) is 3. The Balaban J connectivity index is 1.91. The number of nitrogens with one attached hydrogen (secondary N) is 1. The molecule has 1 unspecified atom stereocenters. The number of carboxylic acid groups (broad SMARTS) is 1. The van der Waals surface area contributed by atoms with Crippen LogP contribution < -0.4 is 5.32 Å². The fourth-order valence-corrected chi connectivity index (χ4v) is 1.93. The molecule has 0 fully saturated rings. The number of hydrogen-bond acceptors (Lipinski definition) is 5. The van der Waals surface area contributed by atoms with Crippen LogP contribution in [0.4, 0.5) is 4.79 Å². The Kier molecular flexibility index (Phi) is 5.51. The summed E-state index contributed by atoms with van der Waals surface area (Å²) in [4.78, 5) is 26.7. The molecule has 0 aliphatic heterocycles. The first-order valence-corrected chi connectivity index (χ1v) is 6.87. The van der Waals surface area contributed by atoms with Crippen LogP contribution in [0, 0.1) is 0 Å². The van der Waals surface area contributed by atoms with Crippen molar-refractivity contribution in [3.63, 3.8) is 0 Å². The van der Waals surface area contributed by atoms with Gasteiger partial charge in [0.1, 0.15) is 18.4 Å². The molecule has 3 N–H and O–H groups in total. The maximum absolute atomic E-state index is 11.7. The predicted octanol–water partition coefficient (Wildman–Crippen LogP) is 1.71. The quantitative estimate of drug-likeness (QED) is 0.748. The lowest BCUT2D eigenvalue weighted by Gasteiger charge is -2.14. The number of amides is 1. The maximum Gasteiger partial charge on any atom is 0.408 e. The maximum atomic E-state index is 11.7. The average molecular weight is 316 g/mol. The first-order chi connectivity index (χ1) is 11.0. The van der Waals surface area contributed by atoms with Gasteiger partial charge in [0.2, 0.25) is 0 Å². The van der Waals surface area contributed by atoms with E-state index in [9.17, 15) is 19.8 Å². The minimum atomic E-state index is -1.20. The second kappa shape index (κ2) is 7.79. The van der Waals surface area contributed by atoms with Crippen molar-refractivity contribution < 1.29 is 24.5 Å². The number of carboxylic acids is 1. The van der Waals surface area contributed by atoms with Crippen molar-refractivity contribution in [3.05, 3.63) is 59.9 Å². The van der Waals surface area contributed by atoms with Gasteiger partial charge < -0.3 is 20.3 Å². The van der Waals surface area contributed by atoms with Gasteiger partial charge in [-0.1, -0.05) is 30.3 Å². The highest BCUT2D eigenvalue weighted by atomic mass is 16.5. The van der Waals surface area contributed by atoms with E-state index in [-0.39, 0.29) is 18.8 Å². The van der Waals surface area contributed by atoms with Gasteiger partial charge in [-0.15, -0.1) is 0 Å². The molecule has 0 saturated carbocycles. The zero-order chi connectivity index (χ0) is 16.7. The Morgan fingerprint density at radius 3 is 2.57 bits per heavy atom. The lowest BCUT2D eigenvalue weighted by atomic mass is 10.1. The lowest BCUT2D eigenvalue weighted by Crippen LogP contribution is -2.42. The third kappa shape index (κ3) is 5.31. The van der Waals surface area contributed by atoms with Crippen molar-refractivity contribution >= 4 is 12.1 Å². The van der Waals surface area contributed by atoms with Gasteiger partial charge >= 0.3 is 12.1 Å². The molecule has 1 atom stereocenters. The minimum Gasteiger partial charge on any atom is -0.506 e. The Labute approximate surface area is 132 Å². The van der Waals surface area contributed by atoms with E-state index in [4.69, 9.17) is 4.74 Å². The summed E-state index contributed by atoms with van der Waals surface area (Å²) in [5, 5.41) is 20.8. The number of rotatable bonds is 6. The molecule has 0 saturated heterocycles. The molecule has 1 heterocycles. The van der Waals surface area contributed by atoms with Crippen LogP contribution in [0.3, 0.4) is 0 Å². The summed E-state index contributed by atoms with van der Waals surface area (Å²) in [6, 6.07) is 9.26. The number of alkyl carbamates (subject to hydrolysis) is 1. The molecular weight excluding hydrogens is 300 g/mol. The van der Waals surface area contributed by atoms with Gasteiger partial charge in [0.25, 0.3) is 0 Å². The Morgan fingerprint density at radius 1 is 1.17 bits per heavy atom. The third-order valence-corrected chi connectivity index (χ3v) is 3.02. The molecule has 1 aromatic heterocycles.